The first-order valence-electron chi connectivity index (χ1n) is 11.6. The van der Waals surface area contributed by atoms with E-state index in [0.29, 0.717) is 29.8 Å². The molecule has 186 valence electrons. The van der Waals surface area contributed by atoms with Crippen LogP contribution in [0.15, 0.2) is 36.4 Å². The fourth-order valence-corrected chi connectivity index (χ4v) is 5.40. The molecule has 1 fully saturated rings. The lowest BCUT2D eigenvalue weighted by atomic mass is 10.0. The molecule has 2 atom stereocenters. The minimum absolute atomic E-state index is 0.00830. The van der Waals surface area contributed by atoms with Gasteiger partial charge in [-0.1, -0.05) is 32.4 Å². The minimum atomic E-state index is -2.10. The first-order valence-corrected chi connectivity index (χ1v) is 14.9. The molecule has 1 amide bonds. The van der Waals surface area contributed by atoms with Gasteiger partial charge in [0, 0.05) is 12.1 Å². The maximum Gasteiger partial charge on any atom is 0.251 e. The van der Waals surface area contributed by atoms with Gasteiger partial charge in [-0.25, -0.2) is 4.39 Å². The maximum absolute atomic E-state index is 14.4. The number of rotatable bonds is 8. The Balaban J connectivity index is 1.80. The van der Waals surface area contributed by atoms with Gasteiger partial charge in [0.25, 0.3) is 5.91 Å². The highest BCUT2D eigenvalue weighted by molar-refractivity contribution is 6.74. The standard InChI is InChI=1S/C26H35ClFNO4Si/c1-17(29-13-12-24(25(29)30)33-34(6,7)26(2,3)4)21-14-18(28)15-23(27)22(21)16-32-20-10-8-19(31-5)9-11-20/h8-11,14-15,17,24H,12-13,16H2,1-7H3/t17?,24-/m0/s1. The summed E-state index contributed by atoms with van der Waals surface area (Å²) in [6, 6.07) is 9.55. The Kier molecular flexibility index (Phi) is 8.00. The average molecular weight is 508 g/mol. The number of amides is 1. The lowest BCUT2D eigenvalue weighted by Crippen LogP contribution is -2.46. The molecule has 0 spiro atoms. The highest BCUT2D eigenvalue weighted by Crippen LogP contribution is 2.40. The van der Waals surface area contributed by atoms with Crippen LogP contribution in [0.2, 0.25) is 23.2 Å². The highest BCUT2D eigenvalue weighted by Gasteiger charge is 2.44. The Labute approximate surface area is 208 Å². The van der Waals surface area contributed by atoms with Crippen LogP contribution in [0.3, 0.4) is 0 Å². The predicted molar refractivity (Wildman–Crippen MR) is 136 cm³/mol. The molecule has 1 aliphatic heterocycles. The molecule has 1 unspecified atom stereocenters. The lowest BCUT2D eigenvalue weighted by molar-refractivity contribution is -0.135. The van der Waals surface area contributed by atoms with E-state index in [1.807, 2.05) is 6.92 Å². The number of carbonyl (C=O) groups excluding carboxylic acids is 1. The van der Waals surface area contributed by atoms with Gasteiger partial charge in [-0.15, -0.1) is 0 Å². The lowest BCUT2D eigenvalue weighted by Gasteiger charge is -2.38. The zero-order valence-electron chi connectivity index (χ0n) is 21.1. The second-order valence-electron chi connectivity index (χ2n) is 10.3. The normalized spacial score (nSPS) is 17.7. The first kappa shape index (κ1) is 26.5. The van der Waals surface area contributed by atoms with E-state index in [0.717, 1.165) is 5.75 Å². The van der Waals surface area contributed by atoms with Crippen molar-refractivity contribution in [1.82, 2.24) is 4.90 Å². The molecule has 0 aliphatic carbocycles. The summed E-state index contributed by atoms with van der Waals surface area (Å²) in [6.07, 6.45) is 0.155. The number of halogens is 2. The van der Waals surface area contributed by atoms with E-state index >= 15 is 0 Å². The van der Waals surface area contributed by atoms with E-state index in [1.54, 1.807) is 36.3 Å². The zero-order chi connectivity index (χ0) is 25.3. The van der Waals surface area contributed by atoms with Gasteiger partial charge in [0.15, 0.2) is 8.32 Å². The molecule has 34 heavy (non-hydrogen) atoms. The van der Waals surface area contributed by atoms with Gasteiger partial charge in [-0.2, -0.15) is 0 Å². The second-order valence-corrected chi connectivity index (χ2v) is 15.4. The topological polar surface area (TPSA) is 48.0 Å². The van der Waals surface area contributed by atoms with E-state index in [4.69, 9.17) is 25.5 Å². The van der Waals surface area contributed by atoms with Gasteiger partial charge in [-0.3, -0.25) is 4.79 Å². The molecule has 2 aromatic carbocycles. The van der Waals surface area contributed by atoms with Crippen molar-refractivity contribution in [3.8, 4) is 11.5 Å². The molecule has 8 heteroatoms. The quantitative estimate of drug-likeness (QED) is 0.371. The molecule has 1 saturated heterocycles. The van der Waals surface area contributed by atoms with Crippen molar-refractivity contribution in [2.75, 3.05) is 13.7 Å². The zero-order valence-corrected chi connectivity index (χ0v) is 22.8. The molecule has 0 N–H and O–H groups in total. The largest absolute Gasteiger partial charge is 0.497 e. The van der Waals surface area contributed by atoms with Gasteiger partial charge in [0.1, 0.15) is 30.0 Å². The summed E-state index contributed by atoms with van der Waals surface area (Å²) in [5.41, 5.74) is 1.30. The van der Waals surface area contributed by atoms with E-state index in [-0.39, 0.29) is 28.6 Å². The summed E-state index contributed by atoms with van der Waals surface area (Å²) in [5, 5.41) is 0.282. The van der Waals surface area contributed by atoms with Crippen molar-refractivity contribution < 1.29 is 23.1 Å². The molecule has 0 aromatic heterocycles. The van der Waals surface area contributed by atoms with E-state index in [9.17, 15) is 9.18 Å². The molecule has 3 rings (SSSR count). The third kappa shape index (κ3) is 5.75. The average Bonchev–Trinajstić information content (AvgIpc) is 3.11. The van der Waals surface area contributed by atoms with E-state index < -0.39 is 20.2 Å². The predicted octanol–water partition coefficient (Wildman–Crippen LogP) is 6.75. The molecular formula is C26H35ClFNO4Si. The summed E-state index contributed by atoms with van der Waals surface area (Å²) in [6.45, 7) is 13.4. The van der Waals surface area contributed by atoms with Crippen LogP contribution in [0.4, 0.5) is 4.39 Å². The van der Waals surface area contributed by atoms with Gasteiger partial charge >= 0.3 is 0 Å². The smallest absolute Gasteiger partial charge is 0.251 e. The van der Waals surface area contributed by atoms with Crippen molar-refractivity contribution in [2.24, 2.45) is 0 Å². The number of ether oxygens (including phenoxy) is 2. The number of likely N-dealkylation sites (tertiary alicyclic amines) is 1. The molecular weight excluding hydrogens is 473 g/mol. The minimum Gasteiger partial charge on any atom is -0.497 e. The number of benzene rings is 2. The summed E-state index contributed by atoms with van der Waals surface area (Å²) in [4.78, 5) is 15.1. The second kappa shape index (κ2) is 10.3. The van der Waals surface area contributed by atoms with Crippen LogP contribution in [0, 0.1) is 5.82 Å². The van der Waals surface area contributed by atoms with Crippen LogP contribution in [-0.2, 0) is 15.8 Å². The fraction of sp³-hybridized carbons (Fsp3) is 0.500. The van der Waals surface area contributed by atoms with Crippen molar-refractivity contribution in [3.63, 3.8) is 0 Å². The van der Waals surface area contributed by atoms with Crippen LogP contribution in [-0.4, -0.2) is 38.9 Å². The van der Waals surface area contributed by atoms with Crippen molar-refractivity contribution in [2.45, 2.75) is 71.0 Å². The van der Waals surface area contributed by atoms with E-state index in [2.05, 4.69) is 33.9 Å². The highest BCUT2D eigenvalue weighted by atomic mass is 35.5. The van der Waals surface area contributed by atoms with Gasteiger partial charge in [0.05, 0.1) is 18.2 Å². The third-order valence-electron chi connectivity index (χ3n) is 6.99. The molecule has 1 heterocycles. The van der Waals surface area contributed by atoms with Gasteiger partial charge < -0.3 is 18.8 Å². The third-order valence-corrected chi connectivity index (χ3v) is 11.8. The Morgan fingerprint density at radius 1 is 1.18 bits per heavy atom. The number of carbonyl (C=O) groups is 1. The maximum atomic E-state index is 14.4. The van der Waals surface area contributed by atoms with E-state index in [1.165, 1.54) is 12.1 Å². The summed E-state index contributed by atoms with van der Waals surface area (Å²) >= 11 is 6.44. The Morgan fingerprint density at radius 3 is 2.38 bits per heavy atom. The summed E-state index contributed by atoms with van der Waals surface area (Å²) in [5.74, 6) is 0.865. The Morgan fingerprint density at radius 2 is 1.79 bits per heavy atom. The Hall–Kier alpha value is -2.09. The first-order chi connectivity index (χ1) is 15.8. The van der Waals surface area contributed by atoms with Crippen molar-refractivity contribution >= 4 is 25.8 Å². The van der Waals surface area contributed by atoms with Crippen LogP contribution in [0.5, 0.6) is 11.5 Å². The molecule has 0 saturated carbocycles. The number of hydrogen-bond donors (Lipinski definition) is 0. The van der Waals surface area contributed by atoms with Gasteiger partial charge in [0.2, 0.25) is 0 Å². The van der Waals surface area contributed by atoms with Crippen molar-refractivity contribution in [1.29, 1.82) is 0 Å². The monoisotopic (exact) mass is 507 g/mol. The molecule has 1 aliphatic rings. The number of hydrogen-bond acceptors (Lipinski definition) is 4. The fourth-order valence-electron chi connectivity index (χ4n) is 3.84. The van der Waals surface area contributed by atoms with Crippen LogP contribution in [0.1, 0.15) is 51.3 Å². The summed E-state index contributed by atoms with van der Waals surface area (Å²) in [7, 11) is -0.498. The van der Waals surface area contributed by atoms with Crippen molar-refractivity contribution in [3.05, 3.63) is 58.4 Å². The van der Waals surface area contributed by atoms with Gasteiger partial charge in [-0.05, 0) is 73.4 Å². The SMILES string of the molecule is COc1ccc(OCc2c(Cl)cc(F)cc2C(C)N2CC[C@H](O[Si](C)(C)C(C)(C)C)C2=O)cc1. The molecule has 0 radical (unpaired) electrons. The number of nitrogens with zero attached hydrogens (tertiary/aromatic N) is 1. The molecule has 0 bridgehead atoms. The molecule has 2 aromatic rings. The van der Waals surface area contributed by atoms with Crippen LogP contribution >= 0.6 is 11.6 Å². The number of methoxy groups -OCH3 is 1. The van der Waals surface area contributed by atoms with Crippen LogP contribution < -0.4 is 9.47 Å². The van der Waals surface area contributed by atoms with Crippen LogP contribution in [0.25, 0.3) is 0 Å². The summed E-state index contributed by atoms with van der Waals surface area (Å²) < 4.78 is 31.9. The Bertz CT molecular complexity index is 1020. The molecule has 5 nitrogen and oxygen atoms in total.